The molecule has 0 aromatic carbocycles. The Hall–Kier alpha value is -0.120. The molecule has 0 unspecified atom stereocenters. The molecule has 1 aliphatic heterocycles. The van der Waals surface area contributed by atoms with E-state index in [2.05, 4.69) is 36.1 Å². The van der Waals surface area contributed by atoms with Gasteiger partial charge < -0.3 is 15.1 Å². The third kappa shape index (κ3) is 5.71. The van der Waals surface area contributed by atoms with Crippen molar-refractivity contribution in [2.75, 3.05) is 46.8 Å². The normalized spacial score (nSPS) is 30.0. The van der Waals surface area contributed by atoms with Gasteiger partial charge in [-0.1, -0.05) is 6.92 Å². The Bertz CT molecular complexity index is 251. The van der Waals surface area contributed by atoms with E-state index in [0.717, 1.165) is 17.9 Å². The Morgan fingerprint density at radius 3 is 2.25 bits per heavy atom. The number of piperidine rings is 1. The number of rotatable bonds is 6. The molecule has 0 aromatic rings. The van der Waals surface area contributed by atoms with Crippen LogP contribution in [0.1, 0.15) is 45.4 Å². The molecule has 20 heavy (non-hydrogen) atoms. The zero-order chi connectivity index (χ0) is 14.4. The highest BCUT2D eigenvalue weighted by Crippen LogP contribution is 2.23. The molecule has 1 saturated carbocycles. The summed E-state index contributed by atoms with van der Waals surface area (Å²) < 4.78 is 0. The van der Waals surface area contributed by atoms with Crippen molar-refractivity contribution in [2.45, 2.75) is 51.5 Å². The van der Waals surface area contributed by atoms with Gasteiger partial charge in [0.05, 0.1) is 0 Å². The van der Waals surface area contributed by atoms with Crippen LogP contribution in [0.2, 0.25) is 0 Å². The molecule has 118 valence electrons. The first kappa shape index (κ1) is 16.3. The SMILES string of the molecule is CC1CCC(NCCN2CCC(CN(C)C)CC2)CC1. The topological polar surface area (TPSA) is 18.5 Å². The van der Waals surface area contributed by atoms with E-state index in [-0.39, 0.29) is 0 Å². The minimum Gasteiger partial charge on any atom is -0.313 e. The largest absolute Gasteiger partial charge is 0.313 e. The second-order valence-electron chi connectivity index (χ2n) is 7.46. The summed E-state index contributed by atoms with van der Waals surface area (Å²) in [6.07, 6.45) is 8.41. The van der Waals surface area contributed by atoms with Gasteiger partial charge >= 0.3 is 0 Å². The van der Waals surface area contributed by atoms with Crippen LogP contribution in [0.4, 0.5) is 0 Å². The fourth-order valence-corrected chi connectivity index (χ4v) is 3.80. The highest BCUT2D eigenvalue weighted by atomic mass is 15.1. The monoisotopic (exact) mass is 281 g/mol. The average Bonchev–Trinajstić information content (AvgIpc) is 2.42. The zero-order valence-electron chi connectivity index (χ0n) is 13.9. The van der Waals surface area contributed by atoms with Crippen molar-refractivity contribution in [3.63, 3.8) is 0 Å². The van der Waals surface area contributed by atoms with Crippen molar-refractivity contribution >= 4 is 0 Å². The van der Waals surface area contributed by atoms with Gasteiger partial charge in [0.1, 0.15) is 0 Å². The quantitative estimate of drug-likeness (QED) is 0.807. The molecule has 0 amide bonds. The maximum atomic E-state index is 3.78. The molecule has 0 spiro atoms. The molecule has 3 heteroatoms. The van der Waals surface area contributed by atoms with E-state index < -0.39 is 0 Å². The second kappa shape index (κ2) is 8.35. The Labute approximate surface area is 126 Å². The summed E-state index contributed by atoms with van der Waals surface area (Å²) in [5, 5.41) is 3.78. The number of hydrogen-bond donors (Lipinski definition) is 1. The van der Waals surface area contributed by atoms with Crippen molar-refractivity contribution in [1.82, 2.24) is 15.1 Å². The third-order valence-electron chi connectivity index (χ3n) is 5.21. The molecular weight excluding hydrogens is 246 g/mol. The molecule has 0 atom stereocenters. The Kier molecular flexibility index (Phi) is 6.79. The van der Waals surface area contributed by atoms with Gasteiger partial charge in [-0.25, -0.2) is 0 Å². The molecule has 1 aliphatic carbocycles. The second-order valence-corrected chi connectivity index (χ2v) is 7.46. The van der Waals surface area contributed by atoms with E-state index in [1.807, 2.05) is 0 Å². The summed E-state index contributed by atoms with van der Waals surface area (Å²) in [7, 11) is 4.39. The molecule has 0 aromatic heterocycles. The molecule has 3 nitrogen and oxygen atoms in total. The van der Waals surface area contributed by atoms with Crippen molar-refractivity contribution < 1.29 is 0 Å². The van der Waals surface area contributed by atoms with Crippen LogP contribution in [-0.2, 0) is 0 Å². The number of hydrogen-bond acceptors (Lipinski definition) is 3. The lowest BCUT2D eigenvalue weighted by molar-refractivity contribution is 0.160. The van der Waals surface area contributed by atoms with Crippen LogP contribution in [0.3, 0.4) is 0 Å². The number of nitrogens with zero attached hydrogens (tertiary/aromatic N) is 2. The van der Waals surface area contributed by atoms with Crippen molar-refractivity contribution in [1.29, 1.82) is 0 Å². The van der Waals surface area contributed by atoms with Crippen LogP contribution < -0.4 is 5.32 Å². The molecule has 0 radical (unpaired) electrons. The number of nitrogens with one attached hydrogen (secondary N) is 1. The van der Waals surface area contributed by atoms with Gasteiger partial charge in [0.25, 0.3) is 0 Å². The van der Waals surface area contributed by atoms with Gasteiger partial charge in [-0.15, -0.1) is 0 Å². The van der Waals surface area contributed by atoms with Crippen LogP contribution in [-0.4, -0.2) is 62.7 Å². The lowest BCUT2D eigenvalue weighted by Gasteiger charge is -2.34. The molecule has 0 bridgehead atoms. The minimum atomic E-state index is 0.803. The van der Waals surface area contributed by atoms with Gasteiger partial charge in [-0.3, -0.25) is 0 Å². The van der Waals surface area contributed by atoms with E-state index in [1.165, 1.54) is 71.2 Å². The van der Waals surface area contributed by atoms with Crippen LogP contribution in [0.15, 0.2) is 0 Å². The van der Waals surface area contributed by atoms with Crippen molar-refractivity contribution in [3.05, 3.63) is 0 Å². The fraction of sp³-hybridized carbons (Fsp3) is 1.00. The Balaban J connectivity index is 1.53. The summed E-state index contributed by atoms with van der Waals surface area (Å²) in [4.78, 5) is 5.00. The highest BCUT2D eigenvalue weighted by molar-refractivity contribution is 4.77. The van der Waals surface area contributed by atoms with Gasteiger partial charge in [0.15, 0.2) is 0 Å². The van der Waals surface area contributed by atoms with Crippen LogP contribution in [0.25, 0.3) is 0 Å². The van der Waals surface area contributed by atoms with Crippen LogP contribution in [0, 0.1) is 11.8 Å². The molecule has 2 fully saturated rings. The maximum Gasteiger partial charge on any atom is 0.0107 e. The lowest BCUT2D eigenvalue weighted by Crippen LogP contribution is -2.42. The third-order valence-corrected chi connectivity index (χ3v) is 5.21. The fourth-order valence-electron chi connectivity index (χ4n) is 3.80. The first-order valence-corrected chi connectivity index (χ1v) is 8.74. The van der Waals surface area contributed by atoms with E-state index in [0.29, 0.717) is 0 Å². The molecule has 1 heterocycles. The predicted molar refractivity (Wildman–Crippen MR) is 87.1 cm³/mol. The zero-order valence-corrected chi connectivity index (χ0v) is 13.9. The van der Waals surface area contributed by atoms with Gasteiger partial charge in [-0.2, -0.15) is 0 Å². The lowest BCUT2D eigenvalue weighted by atomic mass is 9.87. The first-order valence-electron chi connectivity index (χ1n) is 8.74. The maximum absolute atomic E-state index is 3.78. The standard InChI is InChI=1S/C17H35N3/c1-15-4-6-17(7-5-15)18-10-13-20-11-8-16(9-12-20)14-19(2)3/h15-18H,4-14H2,1-3H3. The van der Waals surface area contributed by atoms with Crippen molar-refractivity contribution in [3.8, 4) is 0 Å². The van der Waals surface area contributed by atoms with Gasteiger partial charge in [0, 0.05) is 25.7 Å². The van der Waals surface area contributed by atoms with Crippen LogP contribution >= 0.6 is 0 Å². The van der Waals surface area contributed by atoms with E-state index in [1.54, 1.807) is 0 Å². The summed E-state index contributed by atoms with van der Waals surface area (Å²) >= 11 is 0. The molecule has 2 aliphatic rings. The summed E-state index contributed by atoms with van der Waals surface area (Å²) in [6, 6.07) is 0.803. The summed E-state index contributed by atoms with van der Waals surface area (Å²) in [5.74, 6) is 1.89. The van der Waals surface area contributed by atoms with Gasteiger partial charge in [0.2, 0.25) is 0 Å². The summed E-state index contributed by atoms with van der Waals surface area (Å²) in [5.41, 5.74) is 0. The average molecular weight is 281 g/mol. The van der Waals surface area contributed by atoms with E-state index in [4.69, 9.17) is 0 Å². The Morgan fingerprint density at radius 2 is 1.65 bits per heavy atom. The molecular formula is C17H35N3. The molecule has 1 N–H and O–H groups in total. The van der Waals surface area contributed by atoms with Crippen molar-refractivity contribution in [2.24, 2.45) is 11.8 Å². The Morgan fingerprint density at radius 1 is 1.00 bits per heavy atom. The van der Waals surface area contributed by atoms with Crippen LogP contribution in [0.5, 0.6) is 0 Å². The minimum absolute atomic E-state index is 0.803. The predicted octanol–water partition coefficient (Wildman–Crippen LogP) is 2.43. The molecule has 1 saturated heterocycles. The smallest absolute Gasteiger partial charge is 0.0107 e. The molecule has 2 rings (SSSR count). The first-order chi connectivity index (χ1) is 9.63. The van der Waals surface area contributed by atoms with Gasteiger partial charge in [-0.05, 0) is 77.5 Å². The highest BCUT2D eigenvalue weighted by Gasteiger charge is 2.20. The van der Waals surface area contributed by atoms with E-state index >= 15 is 0 Å². The van der Waals surface area contributed by atoms with E-state index in [9.17, 15) is 0 Å². The number of likely N-dealkylation sites (tertiary alicyclic amines) is 1. The summed E-state index contributed by atoms with van der Waals surface area (Å²) in [6.45, 7) is 8.72.